The van der Waals surface area contributed by atoms with Gasteiger partial charge in [-0.2, -0.15) is 0 Å². The van der Waals surface area contributed by atoms with Gasteiger partial charge in [0.05, 0.1) is 0 Å². The van der Waals surface area contributed by atoms with Gasteiger partial charge in [0.25, 0.3) is 0 Å². The van der Waals surface area contributed by atoms with E-state index in [0.29, 0.717) is 0 Å². The lowest BCUT2D eigenvalue weighted by molar-refractivity contribution is 0.660. The third kappa shape index (κ3) is 13.6. The van der Waals surface area contributed by atoms with E-state index in [0.717, 1.165) is 34.1 Å². The van der Waals surface area contributed by atoms with Crippen molar-refractivity contribution in [2.24, 2.45) is 0 Å². The first-order valence-electron chi connectivity index (χ1n) is 43.9. The van der Waals surface area contributed by atoms with Crippen LogP contribution in [-0.2, 0) is 16.2 Å². The first kappa shape index (κ1) is 77.8. The zero-order chi connectivity index (χ0) is 84.4. The number of hydrogen-bond acceptors (Lipinski definition) is 2. The fourth-order valence-corrected chi connectivity index (χ4v) is 30.4. The van der Waals surface area contributed by atoms with Crippen molar-refractivity contribution in [2.45, 2.75) is 57.8 Å². The quantitative estimate of drug-likeness (QED) is 0.0426. The van der Waals surface area contributed by atoms with E-state index in [2.05, 4.69) is 525 Å². The molecule has 18 aromatic carbocycles. The van der Waals surface area contributed by atoms with Crippen molar-refractivity contribution in [2.75, 3.05) is 9.80 Å². The molecular weight excluding hydrogens is 1540 g/mol. The van der Waals surface area contributed by atoms with Crippen molar-refractivity contribution in [1.29, 1.82) is 0 Å². The fraction of sp³-hybridized carbons (Fsp3) is 0.0744. The highest BCUT2D eigenvalue weighted by Crippen LogP contribution is 2.55. The van der Waals surface area contributed by atoms with E-state index in [1.807, 2.05) is 0 Å². The van der Waals surface area contributed by atoms with Gasteiger partial charge in [-0.15, -0.1) is 0 Å². The van der Waals surface area contributed by atoms with Crippen LogP contribution < -0.4 is 51.3 Å². The molecule has 0 atom stereocenters. The average Bonchev–Trinajstić information content (AvgIpc) is 1.66. The van der Waals surface area contributed by atoms with E-state index in [9.17, 15) is 0 Å². The molecule has 2 nitrogen and oxygen atoms in total. The number of rotatable bonds is 20. The first-order chi connectivity index (χ1) is 61.2. The van der Waals surface area contributed by atoms with Crippen molar-refractivity contribution in [3.05, 3.63) is 505 Å². The van der Waals surface area contributed by atoms with Gasteiger partial charge in [0.1, 0.15) is 0 Å². The molecular formula is C121H96N2Si2. The molecule has 0 aromatic heterocycles. The van der Waals surface area contributed by atoms with Gasteiger partial charge in [0, 0.05) is 50.4 Å². The molecule has 0 amide bonds. The van der Waals surface area contributed by atoms with Gasteiger partial charge < -0.3 is 9.80 Å². The van der Waals surface area contributed by atoms with Gasteiger partial charge in [-0.1, -0.05) is 442 Å². The summed E-state index contributed by atoms with van der Waals surface area (Å²) in [5.41, 5.74) is 31.3. The molecule has 125 heavy (non-hydrogen) atoms. The van der Waals surface area contributed by atoms with Crippen molar-refractivity contribution >= 4 is 116 Å². The molecule has 0 N–H and O–H groups in total. The summed E-state index contributed by atoms with van der Waals surface area (Å²) in [6.45, 7) is 14.4. The largest absolute Gasteiger partial charge is 0.310 e. The van der Waals surface area contributed by atoms with Crippen LogP contribution in [0.3, 0.4) is 0 Å². The molecule has 0 fully saturated rings. The Balaban J connectivity index is 0.540. The second-order valence-corrected chi connectivity index (χ2v) is 43.1. The van der Waals surface area contributed by atoms with Gasteiger partial charge in [0.2, 0.25) is 0 Å². The van der Waals surface area contributed by atoms with Crippen LogP contribution in [0.2, 0.25) is 0 Å². The smallest absolute Gasteiger partial charge is 0.179 e. The Bertz CT molecular complexity index is 6470. The van der Waals surface area contributed by atoms with Crippen LogP contribution in [-0.4, -0.2) is 16.1 Å². The minimum atomic E-state index is -2.76. The van der Waals surface area contributed by atoms with Crippen LogP contribution in [0.1, 0.15) is 97.2 Å². The summed E-state index contributed by atoms with van der Waals surface area (Å²) in [6.07, 6.45) is 9.25. The zero-order valence-electron chi connectivity index (χ0n) is 71.4. The molecule has 21 rings (SSSR count). The first-order valence-corrected chi connectivity index (χ1v) is 47.9. The molecule has 3 aliphatic rings. The predicted octanol–water partition coefficient (Wildman–Crippen LogP) is 26.0. The Hall–Kier alpha value is -14.5. The van der Waals surface area contributed by atoms with Crippen LogP contribution in [0.4, 0.5) is 34.1 Å². The summed E-state index contributed by atoms with van der Waals surface area (Å²) in [5.74, 6) is 0. The van der Waals surface area contributed by atoms with E-state index < -0.39 is 16.1 Å². The van der Waals surface area contributed by atoms with E-state index in [1.165, 1.54) is 153 Å². The standard InChI is InChI=1S/C121H96N2Si2/c1-119(2)113-79-85(47-49-87-53-75-109-111-77-67-97(83-117(111)120(3,4)115(109)81-87)122(93-59-55-91(56-60-93)89-31-15-7-16-32-89)95-63-69-105(70-64-95)124(99-35-19-9-20-36-99,100-37-21-10-22-38-100)101-39-23-11-24-40-101)51-73-107(113)108-74-52-86(80-114(108)119)48-50-88-54-76-110-112-78-68-98(84-118(112)121(5,6)116(110)82-88)123(94-61-57-92(58-62-94)90-33-17-8-18-34-90)96-65-71-106(72-66-96)125(102-41-25-12-26-42-102,103-43-27-13-28-44-103)104-45-29-14-30-46-104/h7-84H,1-6H3. The maximum absolute atomic E-state index is 2.76. The Morgan fingerprint density at radius 1 is 0.168 bits per heavy atom. The molecule has 4 heteroatoms. The van der Waals surface area contributed by atoms with Crippen LogP contribution >= 0.6 is 0 Å². The predicted molar refractivity (Wildman–Crippen MR) is 537 cm³/mol. The second-order valence-electron chi connectivity index (χ2n) is 35.5. The number of nitrogens with zero attached hydrogens (tertiary/aromatic N) is 2. The SMILES string of the molecule is CC1(C)c2cc(C=Cc3ccc4c(c3)C(C)(C)c3cc(N(c5ccc(-c6ccccc6)cc5)c5ccc([Si](c6ccccc6)(c6ccccc6)c6ccccc6)cc5)ccc3-4)ccc2-c2ccc(C=Cc3ccc4c(c3)C(C)(C)c3cc(N(c5ccc(-c6ccccc6)cc5)c5ccc([Si](c6ccccc6)(c6ccccc6)c6ccccc6)cc5)ccc3-4)cc21. The average molecular weight is 1630 g/mol. The van der Waals surface area contributed by atoms with Crippen LogP contribution in [0.25, 0.3) is 79.9 Å². The van der Waals surface area contributed by atoms with Crippen LogP contribution in [0.5, 0.6) is 0 Å². The Kier molecular flexibility index (Phi) is 19.7. The third-order valence-corrected chi connectivity index (χ3v) is 37.0. The second kappa shape index (κ2) is 31.7. The normalized spacial score (nSPS) is 13.6. The number of benzene rings is 18. The Morgan fingerprint density at radius 2 is 0.344 bits per heavy atom. The topological polar surface area (TPSA) is 6.48 Å². The molecule has 0 bridgehead atoms. The highest BCUT2D eigenvalue weighted by Gasteiger charge is 2.45. The molecule has 3 aliphatic carbocycles. The molecule has 0 heterocycles. The maximum atomic E-state index is 2.46. The van der Waals surface area contributed by atoms with Gasteiger partial charge >= 0.3 is 0 Å². The van der Waals surface area contributed by atoms with Crippen molar-refractivity contribution < 1.29 is 0 Å². The van der Waals surface area contributed by atoms with E-state index in [1.54, 1.807) is 0 Å². The minimum Gasteiger partial charge on any atom is -0.310 e. The van der Waals surface area contributed by atoms with Crippen molar-refractivity contribution in [3.63, 3.8) is 0 Å². The molecule has 0 saturated heterocycles. The number of anilines is 6. The van der Waals surface area contributed by atoms with E-state index >= 15 is 0 Å². The fourth-order valence-electron chi connectivity index (χ4n) is 20.9. The van der Waals surface area contributed by atoms with Gasteiger partial charge in [-0.3, -0.25) is 0 Å². The summed E-state index contributed by atoms with van der Waals surface area (Å²) in [4.78, 5) is 4.91. The molecule has 0 unspecified atom stereocenters. The molecule has 0 aliphatic heterocycles. The van der Waals surface area contributed by atoms with Crippen molar-refractivity contribution in [3.8, 4) is 55.6 Å². The van der Waals surface area contributed by atoms with E-state index in [-0.39, 0.29) is 16.2 Å². The van der Waals surface area contributed by atoms with Gasteiger partial charge in [-0.05, 0) is 226 Å². The summed E-state index contributed by atoms with van der Waals surface area (Å²) in [6, 6.07) is 169. The van der Waals surface area contributed by atoms with Gasteiger partial charge in [-0.25, -0.2) is 0 Å². The lowest BCUT2D eigenvalue weighted by Crippen LogP contribution is -2.74. The van der Waals surface area contributed by atoms with E-state index in [4.69, 9.17) is 0 Å². The Labute approximate surface area is 738 Å². The lowest BCUT2D eigenvalue weighted by Gasteiger charge is -2.35. The van der Waals surface area contributed by atoms with Gasteiger partial charge in [0.15, 0.2) is 16.1 Å². The summed E-state index contributed by atoms with van der Waals surface area (Å²) in [5, 5.41) is 10.8. The zero-order valence-corrected chi connectivity index (χ0v) is 73.4. The monoisotopic (exact) mass is 1630 g/mol. The highest BCUT2D eigenvalue weighted by atomic mass is 28.3. The number of hydrogen-bond donors (Lipinski definition) is 0. The highest BCUT2D eigenvalue weighted by molar-refractivity contribution is 7.20. The minimum absolute atomic E-state index is 0.209. The molecule has 0 saturated carbocycles. The molecule has 598 valence electrons. The van der Waals surface area contributed by atoms with Crippen LogP contribution in [0, 0.1) is 0 Å². The molecule has 18 aromatic rings. The third-order valence-electron chi connectivity index (χ3n) is 27.4. The van der Waals surface area contributed by atoms with Crippen LogP contribution in [0.15, 0.2) is 449 Å². The molecule has 0 spiro atoms. The summed E-state index contributed by atoms with van der Waals surface area (Å²) >= 11 is 0. The van der Waals surface area contributed by atoms with Crippen molar-refractivity contribution in [1.82, 2.24) is 0 Å². The number of fused-ring (bicyclic) bond motifs is 9. The molecule has 0 radical (unpaired) electrons. The summed E-state index contributed by atoms with van der Waals surface area (Å²) in [7, 11) is -5.53. The summed E-state index contributed by atoms with van der Waals surface area (Å²) < 4.78 is 0. The Morgan fingerprint density at radius 3 is 0.576 bits per heavy atom. The lowest BCUT2D eigenvalue weighted by atomic mass is 9.81. The maximum Gasteiger partial charge on any atom is 0.179 e.